The Morgan fingerprint density at radius 2 is 2.24 bits per heavy atom. The molecule has 1 heterocycles. The summed E-state index contributed by atoms with van der Waals surface area (Å²) in [5.74, 6) is -1.03. The molecule has 5 nitrogen and oxygen atoms in total. The first-order chi connectivity index (χ1) is 8.05. The van der Waals surface area contributed by atoms with Gasteiger partial charge in [0.1, 0.15) is 5.69 Å². The fourth-order valence-electron chi connectivity index (χ4n) is 2.11. The number of aliphatic carboxylic acids is 1. The Bertz CT molecular complexity index is 446. The molecule has 0 spiro atoms. The van der Waals surface area contributed by atoms with Gasteiger partial charge in [0.25, 0.3) is 5.91 Å². The van der Waals surface area contributed by atoms with Gasteiger partial charge in [0.15, 0.2) is 0 Å². The van der Waals surface area contributed by atoms with Crippen molar-refractivity contribution in [1.82, 2.24) is 9.88 Å². The maximum atomic E-state index is 11.8. The van der Waals surface area contributed by atoms with Crippen molar-refractivity contribution in [3.63, 3.8) is 0 Å². The molecule has 0 aliphatic heterocycles. The molecule has 17 heavy (non-hydrogen) atoms. The van der Waals surface area contributed by atoms with E-state index in [1.54, 1.807) is 29.9 Å². The average Bonchev–Trinajstić information content (AvgIpc) is 2.62. The monoisotopic (exact) mass is 236 g/mol. The Hall–Kier alpha value is -1.78. The fraction of sp³-hybridized carbons (Fsp3) is 0.500. The topological polar surface area (TPSA) is 71.3 Å². The third-order valence-electron chi connectivity index (χ3n) is 3.53. The highest BCUT2D eigenvalue weighted by Crippen LogP contribution is 2.40. The number of carbonyl (C=O) groups excluding carboxylic acids is 1. The zero-order chi connectivity index (χ0) is 12.5. The van der Waals surface area contributed by atoms with Crippen molar-refractivity contribution in [1.29, 1.82) is 0 Å². The van der Waals surface area contributed by atoms with E-state index >= 15 is 0 Å². The molecule has 0 atom stereocenters. The van der Waals surface area contributed by atoms with Crippen molar-refractivity contribution in [2.45, 2.75) is 19.3 Å². The number of aryl methyl sites for hydroxylation is 1. The minimum Gasteiger partial charge on any atom is -0.481 e. The molecule has 0 radical (unpaired) electrons. The molecular weight excluding hydrogens is 220 g/mol. The summed E-state index contributed by atoms with van der Waals surface area (Å²) in [5.41, 5.74) is -0.189. The highest BCUT2D eigenvalue weighted by Gasteiger charge is 2.44. The number of amides is 1. The third-order valence-corrected chi connectivity index (χ3v) is 3.53. The lowest BCUT2D eigenvalue weighted by Crippen LogP contribution is -2.47. The van der Waals surface area contributed by atoms with E-state index in [2.05, 4.69) is 5.32 Å². The van der Waals surface area contributed by atoms with E-state index in [4.69, 9.17) is 5.11 Å². The standard InChI is InChI=1S/C12H16N2O3/c1-14-7-2-4-9(14)10(15)13-8-12(11(16)17)5-3-6-12/h2,4,7H,3,5-6,8H2,1H3,(H,13,15)(H,16,17). The van der Waals surface area contributed by atoms with E-state index in [1.807, 2.05) is 0 Å². The Morgan fingerprint density at radius 3 is 2.65 bits per heavy atom. The maximum absolute atomic E-state index is 11.8. The van der Waals surface area contributed by atoms with Crippen LogP contribution in [0.2, 0.25) is 0 Å². The first-order valence-corrected chi connectivity index (χ1v) is 5.68. The number of carbonyl (C=O) groups is 2. The van der Waals surface area contributed by atoms with Crippen molar-refractivity contribution in [2.24, 2.45) is 12.5 Å². The van der Waals surface area contributed by atoms with Crippen LogP contribution in [0.4, 0.5) is 0 Å². The minimum absolute atomic E-state index is 0.215. The Kier molecular flexibility index (Phi) is 2.92. The number of nitrogens with zero attached hydrogens (tertiary/aromatic N) is 1. The molecule has 1 aromatic rings. The molecule has 1 aromatic heterocycles. The smallest absolute Gasteiger partial charge is 0.311 e. The van der Waals surface area contributed by atoms with Crippen molar-refractivity contribution in [3.8, 4) is 0 Å². The van der Waals surface area contributed by atoms with E-state index in [0.29, 0.717) is 18.5 Å². The number of nitrogens with one attached hydrogen (secondary N) is 1. The Morgan fingerprint density at radius 1 is 1.53 bits per heavy atom. The summed E-state index contributed by atoms with van der Waals surface area (Å²) in [4.78, 5) is 22.9. The van der Waals surface area contributed by atoms with E-state index < -0.39 is 11.4 Å². The van der Waals surface area contributed by atoms with Gasteiger partial charge in [-0.3, -0.25) is 9.59 Å². The van der Waals surface area contributed by atoms with Crippen molar-refractivity contribution < 1.29 is 14.7 Å². The first-order valence-electron chi connectivity index (χ1n) is 5.68. The Balaban J connectivity index is 1.97. The summed E-state index contributed by atoms with van der Waals surface area (Å²) in [6.07, 6.45) is 4.00. The molecule has 0 aromatic carbocycles. The number of rotatable bonds is 4. The second-order valence-corrected chi connectivity index (χ2v) is 4.63. The Labute approximate surface area is 99.4 Å². The summed E-state index contributed by atoms with van der Waals surface area (Å²) in [6.45, 7) is 0.215. The molecule has 2 rings (SSSR count). The minimum atomic E-state index is -0.809. The lowest BCUT2D eigenvalue weighted by atomic mass is 9.69. The van der Waals surface area contributed by atoms with Crippen LogP contribution < -0.4 is 5.32 Å². The highest BCUT2D eigenvalue weighted by molar-refractivity contribution is 5.93. The van der Waals surface area contributed by atoms with Crippen molar-refractivity contribution >= 4 is 11.9 Å². The molecule has 5 heteroatoms. The molecule has 92 valence electrons. The molecule has 0 bridgehead atoms. The van der Waals surface area contributed by atoms with E-state index in [1.165, 1.54) is 0 Å². The van der Waals surface area contributed by atoms with Gasteiger partial charge in [-0.05, 0) is 25.0 Å². The molecule has 1 fully saturated rings. The molecule has 1 saturated carbocycles. The van der Waals surface area contributed by atoms with Crippen LogP contribution in [0, 0.1) is 5.41 Å². The molecule has 0 unspecified atom stereocenters. The van der Waals surface area contributed by atoms with Gasteiger partial charge in [-0.15, -0.1) is 0 Å². The molecule has 1 aliphatic rings. The zero-order valence-electron chi connectivity index (χ0n) is 9.77. The van der Waals surface area contributed by atoms with E-state index in [-0.39, 0.29) is 12.5 Å². The fourth-order valence-corrected chi connectivity index (χ4v) is 2.11. The third kappa shape index (κ3) is 2.05. The van der Waals surface area contributed by atoms with Gasteiger partial charge in [-0.1, -0.05) is 6.42 Å². The second kappa shape index (κ2) is 4.24. The van der Waals surface area contributed by atoms with Crippen LogP contribution in [-0.2, 0) is 11.8 Å². The zero-order valence-corrected chi connectivity index (χ0v) is 9.77. The molecular formula is C12H16N2O3. The van der Waals surface area contributed by atoms with Crippen LogP contribution in [0.25, 0.3) is 0 Å². The van der Waals surface area contributed by atoms with Gasteiger partial charge in [0, 0.05) is 19.8 Å². The number of carboxylic acid groups (broad SMARTS) is 1. The summed E-state index contributed by atoms with van der Waals surface area (Å²) < 4.78 is 1.71. The van der Waals surface area contributed by atoms with Gasteiger partial charge >= 0.3 is 5.97 Å². The van der Waals surface area contributed by atoms with Crippen molar-refractivity contribution in [2.75, 3.05) is 6.54 Å². The molecule has 1 aliphatic carbocycles. The van der Waals surface area contributed by atoms with Gasteiger partial charge in [0.2, 0.25) is 0 Å². The second-order valence-electron chi connectivity index (χ2n) is 4.63. The maximum Gasteiger partial charge on any atom is 0.311 e. The quantitative estimate of drug-likeness (QED) is 0.819. The lowest BCUT2D eigenvalue weighted by molar-refractivity contribution is -0.153. The van der Waals surface area contributed by atoms with Crippen LogP contribution in [0.3, 0.4) is 0 Å². The molecule has 2 N–H and O–H groups in total. The van der Waals surface area contributed by atoms with Gasteiger partial charge in [-0.25, -0.2) is 0 Å². The SMILES string of the molecule is Cn1cccc1C(=O)NCC1(C(=O)O)CCC1. The molecule has 1 amide bonds. The predicted molar refractivity (Wildman–Crippen MR) is 61.7 cm³/mol. The van der Waals surface area contributed by atoms with E-state index in [0.717, 1.165) is 6.42 Å². The van der Waals surface area contributed by atoms with Crippen LogP contribution in [0.15, 0.2) is 18.3 Å². The van der Waals surface area contributed by atoms with Gasteiger partial charge in [0.05, 0.1) is 5.41 Å². The first kappa shape index (κ1) is 11.7. The van der Waals surface area contributed by atoms with Crippen LogP contribution >= 0.6 is 0 Å². The highest BCUT2D eigenvalue weighted by atomic mass is 16.4. The predicted octanol–water partition coefficient (Wildman–Crippen LogP) is 1.01. The van der Waals surface area contributed by atoms with E-state index in [9.17, 15) is 9.59 Å². The normalized spacial score (nSPS) is 17.2. The number of aromatic nitrogens is 1. The lowest BCUT2D eigenvalue weighted by Gasteiger charge is -2.37. The van der Waals surface area contributed by atoms with Gasteiger partial charge < -0.3 is 15.0 Å². The summed E-state index contributed by atoms with van der Waals surface area (Å²) in [7, 11) is 1.78. The average molecular weight is 236 g/mol. The number of hydrogen-bond donors (Lipinski definition) is 2. The summed E-state index contributed by atoms with van der Waals surface area (Å²) in [5, 5.41) is 11.8. The van der Waals surface area contributed by atoms with Crippen LogP contribution in [-0.4, -0.2) is 28.1 Å². The number of carboxylic acids is 1. The summed E-state index contributed by atoms with van der Waals surface area (Å²) in [6, 6.07) is 3.49. The largest absolute Gasteiger partial charge is 0.481 e. The van der Waals surface area contributed by atoms with Crippen LogP contribution in [0.1, 0.15) is 29.8 Å². The number of hydrogen-bond acceptors (Lipinski definition) is 2. The molecule has 0 saturated heterocycles. The summed E-state index contributed by atoms with van der Waals surface area (Å²) >= 11 is 0. The van der Waals surface area contributed by atoms with Gasteiger partial charge in [-0.2, -0.15) is 0 Å². The van der Waals surface area contributed by atoms with Crippen LogP contribution in [0.5, 0.6) is 0 Å². The van der Waals surface area contributed by atoms with Crippen molar-refractivity contribution in [3.05, 3.63) is 24.0 Å².